The third-order valence-corrected chi connectivity index (χ3v) is 3.38. The number of ether oxygens (including phenoxy) is 1. The fraction of sp³-hybridized carbons (Fsp3) is 0.500. The molecule has 108 valence electrons. The number of hydrogen-bond donors (Lipinski definition) is 0. The van der Waals surface area contributed by atoms with E-state index in [2.05, 4.69) is 20.9 Å². The van der Waals surface area contributed by atoms with E-state index in [-0.39, 0.29) is 18.2 Å². The molecule has 20 heavy (non-hydrogen) atoms. The summed E-state index contributed by atoms with van der Waals surface area (Å²) in [4.78, 5) is 29.3. The van der Waals surface area contributed by atoms with E-state index in [1.165, 1.54) is 4.90 Å². The Kier molecular flexibility index (Phi) is 4.13. The molecule has 6 heteroatoms. The highest BCUT2D eigenvalue weighted by Crippen LogP contribution is 2.28. The lowest BCUT2D eigenvalue weighted by Gasteiger charge is -2.23. The minimum atomic E-state index is -0.606. The number of imide groups is 1. The van der Waals surface area contributed by atoms with Crippen molar-refractivity contribution in [1.82, 2.24) is 9.88 Å². The van der Waals surface area contributed by atoms with E-state index >= 15 is 0 Å². The van der Waals surface area contributed by atoms with Crippen LogP contribution in [-0.4, -0.2) is 34.0 Å². The Hall–Kier alpha value is -1.43. The Balaban J connectivity index is 2.07. The number of halogens is 1. The lowest BCUT2D eigenvalue weighted by molar-refractivity contribution is -0.126. The van der Waals surface area contributed by atoms with Crippen molar-refractivity contribution in [1.29, 1.82) is 0 Å². The second-order valence-electron chi connectivity index (χ2n) is 5.79. The molecule has 0 spiro atoms. The van der Waals surface area contributed by atoms with Crippen LogP contribution in [0.15, 0.2) is 22.8 Å². The number of pyridine rings is 1. The molecule has 5 nitrogen and oxygen atoms in total. The average Bonchev–Trinajstić information content (AvgIpc) is 2.70. The fourth-order valence-electron chi connectivity index (χ4n) is 2.03. The Morgan fingerprint density at radius 1 is 1.45 bits per heavy atom. The molecule has 1 unspecified atom stereocenters. The van der Waals surface area contributed by atoms with Crippen LogP contribution in [0.25, 0.3) is 0 Å². The van der Waals surface area contributed by atoms with Crippen LogP contribution in [-0.2, 0) is 9.53 Å². The second-order valence-corrected chi connectivity index (χ2v) is 6.70. The van der Waals surface area contributed by atoms with Crippen molar-refractivity contribution in [2.24, 2.45) is 0 Å². The quantitative estimate of drug-likeness (QED) is 0.788. The highest BCUT2D eigenvalue weighted by Gasteiger charge is 2.37. The first-order valence-corrected chi connectivity index (χ1v) is 7.20. The van der Waals surface area contributed by atoms with Crippen molar-refractivity contribution < 1.29 is 14.3 Å². The van der Waals surface area contributed by atoms with Gasteiger partial charge in [0.05, 0.1) is 0 Å². The third-order valence-electron chi connectivity index (χ3n) is 2.91. The monoisotopic (exact) mass is 340 g/mol. The summed E-state index contributed by atoms with van der Waals surface area (Å²) in [7, 11) is 0. The number of aromatic nitrogens is 1. The van der Waals surface area contributed by atoms with Crippen LogP contribution in [0.2, 0.25) is 0 Å². The number of hydrogen-bond acceptors (Lipinski definition) is 4. The van der Waals surface area contributed by atoms with Gasteiger partial charge in [0.15, 0.2) is 0 Å². The Morgan fingerprint density at radius 2 is 2.15 bits per heavy atom. The first-order valence-electron chi connectivity index (χ1n) is 6.41. The van der Waals surface area contributed by atoms with Crippen LogP contribution < -0.4 is 0 Å². The predicted molar refractivity (Wildman–Crippen MR) is 77.2 cm³/mol. The molecule has 1 aliphatic heterocycles. The van der Waals surface area contributed by atoms with Gasteiger partial charge < -0.3 is 4.74 Å². The number of amides is 2. The van der Waals surface area contributed by atoms with Gasteiger partial charge in [-0.3, -0.25) is 9.78 Å². The second kappa shape index (κ2) is 5.52. The first kappa shape index (κ1) is 15.0. The molecular formula is C14H17BrN2O3. The van der Waals surface area contributed by atoms with E-state index in [0.29, 0.717) is 6.54 Å². The third kappa shape index (κ3) is 3.56. The van der Waals surface area contributed by atoms with Gasteiger partial charge in [0, 0.05) is 35.2 Å². The van der Waals surface area contributed by atoms with Gasteiger partial charge in [-0.2, -0.15) is 0 Å². The summed E-state index contributed by atoms with van der Waals surface area (Å²) in [6, 6.07) is 3.74. The van der Waals surface area contributed by atoms with Crippen LogP contribution in [0.4, 0.5) is 4.79 Å². The summed E-state index contributed by atoms with van der Waals surface area (Å²) in [5.74, 6) is -0.280. The molecule has 1 fully saturated rings. The lowest BCUT2D eigenvalue weighted by Crippen LogP contribution is -2.37. The van der Waals surface area contributed by atoms with Gasteiger partial charge in [-0.1, -0.05) is 0 Å². The van der Waals surface area contributed by atoms with E-state index in [0.717, 1.165) is 10.2 Å². The maximum absolute atomic E-state index is 12.0. The molecule has 0 saturated carbocycles. The zero-order valence-electron chi connectivity index (χ0n) is 11.7. The van der Waals surface area contributed by atoms with Crippen molar-refractivity contribution >= 4 is 27.9 Å². The summed E-state index contributed by atoms with van der Waals surface area (Å²) >= 11 is 3.32. The smallest absolute Gasteiger partial charge is 0.417 e. The van der Waals surface area contributed by atoms with Gasteiger partial charge in [0.2, 0.25) is 5.91 Å². The molecular weight excluding hydrogens is 324 g/mol. The lowest BCUT2D eigenvalue weighted by atomic mass is 10.0. The molecule has 2 rings (SSSR count). The molecule has 1 aromatic heterocycles. The largest absolute Gasteiger partial charge is 0.443 e. The van der Waals surface area contributed by atoms with Crippen LogP contribution in [0.1, 0.15) is 38.8 Å². The summed E-state index contributed by atoms with van der Waals surface area (Å²) < 4.78 is 6.12. The Labute approximate surface area is 126 Å². The number of carbonyl (C=O) groups excluding carboxylic acids is 2. The number of carbonyl (C=O) groups is 2. The Bertz CT molecular complexity index is 522. The molecule has 0 aliphatic carbocycles. The molecule has 1 saturated heterocycles. The van der Waals surface area contributed by atoms with Crippen molar-refractivity contribution in [2.75, 3.05) is 6.54 Å². The van der Waals surface area contributed by atoms with Gasteiger partial charge in [0.25, 0.3) is 0 Å². The minimum absolute atomic E-state index is 0.0666. The fourth-order valence-corrected chi connectivity index (χ4v) is 2.26. The molecule has 1 atom stereocenters. The summed E-state index contributed by atoms with van der Waals surface area (Å²) in [5.41, 5.74) is 0.207. The summed E-state index contributed by atoms with van der Waals surface area (Å²) in [6.45, 7) is 5.65. The van der Waals surface area contributed by atoms with Gasteiger partial charge >= 0.3 is 6.09 Å². The highest BCUT2D eigenvalue weighted by molar-refractivity contribution is 9.10. The van der Waals surface area contributed by atoms with Crippen LogP contribution in [0, 0.1) is 0 Å². The molecule has 0 aromatic carbocycles. The van der Waals surface area contributed by atoms with E-state index in [1.807, 2.05) is 12.1 Å². The molecule has 0 N–H and O–H groups in total. The molecule has 1 aliphatic rings. The van der Waals surface area contributed by atoms with E-state index in [4.69, 9.17) is 4.74 Å². The number of likely N-dealkylation sites (tertiary alicyclic amines) is 1. The molecule has 0 bridgehead atoms. The van der Waals surface area contributed by atoms with Crippen molar-refractivity contribution in [3.8, 4) is 0 Å². The average molecular weight is 341 g/mol. The predicted octanol–water partition coefficient (Wildman–Crippen LogP) is 3.10. The zero-order chi connectivity index (χ0) is 14.9. The van der Waals surface area contributed by atoms with E-state index in [1.54, 1.807) is 27.0 Å². The zero-order valence-corrected chi connectivity index (χ0v) is 13.3. The van der Waals surface area contributed by atoms with E-state index in [9.17, 15) is 9.59 Å². The maximum atomic E-state index is 12.0. The highest BCUT2D eigenvalue weighted by atomic mass is 79.9. The topological polar surface area (TPSA) is 59.5 Å². The summed E-state index contributed by atoms with van der Waals surface area (Å²) in [6.07, 6.45) is 1.39. The van der Waals surface area contributed by atoms with Crippen LogP contribution >= 0.6 is 15.9 Å². The van der Waals surface area contributed by atoms with Gasteiger partial charge in [-0.05, 0) is 48.8 Å². The number of nitrogens with zero attached hydrogens (tertiary/aromatic N) is 2. The maximum Gasteiger partial charge on any atom is 0.417 e. The standard InChI is InChI=1S/C14H17BrN2O3/c1-14(2,3)20-13(19)17-8-9(6-12(17)18)11-5-4-10(15)7-16-11/h4-5,7,9H,6,8H2,1-3H3. The van der Waals surface area contributed by atoms with Gasteiger partial charge in [0.1, 0.15) is 5.60 Å². The summed E-state index contributed by atoms with van der Waals surface area (Å²) in [5, 5.41) is 0. The van der Waals surface area contributed by atoms with Crippen molar-refractivity contribution in [3.05, 3.63) is 28.5 Å². The van der Waals surface area contributed by atoms with Crippen LogP contribution in [0.3, 0.4) is 0 Å². The molecule has 2 amide bonds. The SMILES string of the molecule is CC(C)(C)OC(=O)N1CC(c2ccc(Br)cn2)CC1=O. The van der Waals surface area contributed by atoms with Crippen LogP contribution in [0.5, 0.6) is 0 Å². The Morgan fingerprint density at radius 3 is 2.70 bits per heavy atom. The molecule has 0 radical (unpaired) electrons. The van der Waals surface area contributed by atoms with Crippen molar-refractivity contribution in [2.45, 2.75) is 38.7 Å². The number of rotatable bonds is 1. The minimum Gasteiger partial charge on any atom is -0.443 e. The van der Waals surface area contributed by atoms with Crippen molar-refractivity contribution in [3.63, 3.8) is 0 Å². The molecule has 2 heterocycles. The van der Waals surface area contributed by atoms with E-state index < -0.39 is 11.7 Å². The first-order chi connectivity index (χ1) is 9.26. The normalized spacial score (nSPS) is 19.3. The van der Waals surface area contributed by atoms with Gasteiger partial charge in [-0.15, -0.1) is 0 Å². The van der Waals surface area contributed by atoms with Gasteiger partial charge in [-0.25, -0.2) is 9.69 Å². The molecule has 1 aromatic rings.